The Morgan fingerprint density at radius 1 is 1.54 bits per heavy atom. The summed E-state index contributed by atoms with van der Waals surface area (Å²) in [4.78, 5) is 0. The Hall–Kier alpha value is -1.00. The molecule has 1 aromatic rings. The van der Waals surface area contributed by atoms with Gasteiger partial charge in [0.2, 0.25) is 6.79 Å². The third kappa shape index (κ3) is 1.22. The first-order chi connectivity index (χ1) is 6.24. The molecule has 13 heavy (non-hydrogen) atoms. The molecule has 0 aromatic heterocycles. The lowest BCUT2D eigenvalue weighted by Gasteiger charge is -2.05. The van der Waals surface area contributed by atoms with E-state index >= 15 is 0 Å². The van der Waals surface area contributed by atoms with Crippen molar-refractivity contribution >= 4 is 11.6 Å². The minimum atomic E-state index is -0.534. The number of hydrogen-bond donors (Lipinski definition) is 1. The van der Waals surface area contributed by atoms with Gasteiger partial charge in [0, 0.05) is 18.2 Å². The van der Waals surface area contributed by atoms with E-state index in [1.807, 2.05) is 0 Å². The van der Waals surface area contributed by atoms with Crippen molar-refractivity contribution in [3.8, 4) is 11.5 Å². The van der Waals surface area contributed by atoms with Gasteiger partial charge in [-0.1, -0.05) is 11.6 Å². The fraction of sp³-hybridized carbons (Fsp3) is 0.250. The standard InChI is InChI=1S/C8H7ClFNO2/c9-5-1-6-8(13-3-12-6)4(2-11)7(5)10/h1H,2-3,11H2. The van der Waals surface area contributed by atoms with Gasteiger partial charge in [-0.15, -0.1) is 0 Å². The Bertz CT molecular complexity index is 356. The Labute approximate surface area is 79.2 Å². The molecule has 1 heterocycles. The molecule has 2 rings (SSSR count). The molecule has 0 fully saturated rings. The third-order valence-electron chi connectivity index (χ3n) is 1.85. The van der Waals surface area contributed by atoms with Crippen LogP contribution in [0.15, 0.2) is 6.07 Å². The first-order valence-corrected chi connectivity index (χ1v) is 4.08. The van der Waals surface area contributed by atoms with Crippen LogP contribution >= 0.6 is 11.6 Å². The van der Waals surface area contributed by atoms with Crippen molar-refractivity contribution in [2.75, 3.05) is 6.79 Å². The van der Waals surface area contributed by atoms with Crippen molar-refractivity contribution in [1.29, 1.82) is 0 Å². The summed E-state index contributed by atoms with van der Waals surface area (Å²) in [5.74, 6) is 0.282. The Kier molecular flexibility index (Phi) is 2.01. The summed E-state index contributed by atoms with van der Waals surface area (Å²) in [6.07, 6.45) is 0. The Morgan fingerprint density at radius 3 is 3.00 bits per heavy atom. The second-order valence-corrected chi connectivity index (χ2v) is 3.00. The largest absolute Gasteiger partial charge is 0.454 e. The van der Waals surface area contributed by atoms with Crippen molar-refractivity contribution < 1.29 is 13.9 Å². The van der Waals surface area contributed by atoms with Gasteiger partial charge < -0.3 is 15.2 Å². The fourth-order valence-electron chi connectivity index (χ4n) is 1.24. The number of rotatable bonds is 1. The van der Waals surface area contributed by atoms with Crippen LogP contribution in [0.3, 0.4) is 0 Å². The van der Waals surface area contributed by atoms with Crippen LogP contribution in [0.5, 0.6) is 11.5 Å². The molecule has 0 radical (unpaired) electrons. The Morgan fingerprint density at radius 2 is 2.31 bits per heavy atom. The molecule has 70 valence electrons. The van der Waals surface area contributed by atoms with Crippen molar-refractivity contribution in [2.24, 2.45) is 5.73 Å². The summed E-state index contributed by atoms with van der Waals surface area (Å²) in [6, 6.07) is 1.39. The van der Waals surface area contributed by atoms with E-state index in [0.717, 1.165) is 0 Å². The first-order valence-electron chi connectivity index (χ1n) is 3.70. The highest BCUT2D eigenvalue weighted by Crippen LogP contribution is 2.40. The zero-order valence-electron chi connectivity index (χ0n) is 6.64. The maximum atomic E-state index is 13.3. The van der Waals surface area contributed by atoms with Gasteiger partial charge in [-0.25, -0.2) is 4.39 Å². The smallest absolute Gasteiger partial charge is 0.231 e. The van der Waals surface area contributed by atoms with E-state index in [0.29, 0.717) is 11.5 Å². The Balaban J connectivity index is 2.64. The molecule has 0 atom stereocenters. The molecule has 0 amide bonds. The minimum Gasteiger partial charge on any atom is -0.454 e. The third-order valence-corrected chi connectivity index (χ3v) is 2.13. The lowest BCUT2D eigenvalue weighted by molar-refractivity contribution is 0.173. The van der Waals surface area contributed by atoms with Gasteiger partial charge in [-0.2, -0.15) is 0 Å². The average molecular weight is 204 g/mol. The number of ether oxygens (including phenoxy) is 2. The molecule has 0 saturated carbocycles. The predicted octanol–water partition coefficient (Wildman–Crippen LogP) is 1.67. The van der Waals surface area contributed by atoms with Crippen molar-refractivity contribution in [2.45, 2.75) is 6.54 Å². The van der Waals surface area contributed by atoms with Crippen LogP contribution in [-0.2, 0) is 6.54 Å². The maximum absolute atomic E-state index is 13.3. The van der Waals surface area contributed by atoms with Crippen LogP contribution in [0.2, 0.25) is 5.02 Å². The van der Waals surface area contributed by atoms with Gasteiger partial charge in [0.15, 0.2) is 11.5 Å². The zero-order valence-corrected chi connectivity index (χ0v) is 7.40. The van der Waals surface area contributed by atoms with E-state index in [9.17, 15) is 4.39 Å². The van der Waals surface area contributed by atoms with E-state index in [-0.39, 0.29) is 23.9 Å². The lowest BCUT2D eigenvalue weighted by Crippen LogP contribution is -2.02. The normalized spacial score (nSPS) is 13.5. The lowest BCUT2D eigenvalue weighted by atomic mass is 10.1. The minimum absolute atomic E-state index is 0.00435. The van der Waals surface area contributed by atoms with Crippen LogP contribution in [0, 0.1) is 5.82 Å². The molecule has 3 nitrogen and oxygen atoms in total. The zero-order chi connectivity index (χ0) is 9.42. The predicted molar refractivity (Wildman–Crippen MR) is 45.4 cm³/mol. The molecule has 0 bridgehead atoms. The topological polar surface area (TPSA) is 44.5 Å². The monoisotopic (exact) mass is 203 g/mol. The van der Waals surface area contributed by atoms with Crippen LogP contribution in [-0.4, -0.2) is 6.79 Å². The molecular formula is C8H7ClFNO2. The van der Waals surface area contributed by atoms with Gasteiger partial charge in [-0.3, -0.25) is 0 Å². The van der Waals surface area contributed by atoms with Gasteiger partial charge in [-0.05, 0) is 0 Å². The van der Waals surface area contributed by atoms with Crippen molar-refractivity contribution in [3.63, 3.8) is 0 Å². The molecular weight excluding hydrogens is 197 g/mol. The number of halogens is 2. The van der Waals surface area contributed by atoms with Crippen LogP contribution in [0.25, 0.3) is 0 Å². The number of nitrogens with two attached hydrogens (primary N) is 1. The van der Waals surface area contributed by atoms with Crippen LogP contribution in [0.1, 0.15) is 5.56 Å². The van der Waals surface area contributed by atoms with Crippen molar-refractivity contribution in [1.82, 2.24) is 0 Å². The highest BCUT2D eigenvalue weighted by molar-refractivity contribution is 6.31. The summed E-state index contributed by atoms with van der Waals surface area (Å²) in [6.45, 7) is 0.125. The highest BCUT2D eigenvalue weighted by Gasteiger charge is 2.22. The molecule has 0 spiro atoms. The molecule has 0 saturated heterocycles. The molecule has 1 aliphatic heterocycles. The van der Waals surface area contributed by atoms with Gasteiger partial charge in [0.1, 0.15) is 5.82 Å². The fourth-order valence-corrected chi connectivity index (χ4v) is 1.45. The summed E-state index contributed by atoms with van der Waals surface area (Å²) in [7, 11) is 0. The van der Waals surface area contributed by atoms with Gasteiger partial charge >= 0.3 is 0 Å². The van der Waals surface area contributed by atoms with E-state index in [1.54, 1.807) is 0 Å². The second kappa shape index (κ2) is 3.05. The molecule has 1 aliphatic rings. The number of hydrogen-bond acceptors (Lipinski definition) is 3. The highest BCUT2D eigenvalue weighted by atomic mass is 35.5. The maximum Gasteiger partial charge on any atom is 0.231 e. The van der Waals surface area contributed by atoms with Crippen LogP contribution in [0.4, 0.5) is 4.39 Å². The average Bonchev–Trinajstić information content (AvgIpc) is 2.54. The molecule has 0 aliphatic carbocycles. The van der Waals surface area contributed by atoms with E-state index < -0.39 is 5.82 Å². The summed E-state index contributed by atoms with van der Waals surface area (Å²) in [5.41, 5.74) is 5.62. The van der Waals surface area contributed by atoms with E-state index in [4.69, 9.17) is 26.8 Å². The van der Waals surface area contributed by atoms with E-state index in [2.05, 4.69) is 0 Å². The van der Waals surface area contributed by atoms with Gasteiger partial charge in [0.05, 0.1) is 5.02 Å². The van der Waals surface area contributed by atoms with Gasteiger partial charge in [0.25, 0.3) is 0 Å². The quantitative estimate of drug-likeness (QED) is 0.755. The summed E-state index contributed by atoms with van der Waals surface area (Å²) in [5, 5.41) is 0.00435. The molecule has 5 heteroatoms. The molecule has 0 unspecified atom stereocenters. The molecule has 2 N–H and O–H groups in total. The summed E-state index contributed by atoms with van der Waals surface area (Å²) < 4.78 is 23.4. The van der Waals surface area contributed by atoms with E-state index in [1.165, 1.54) is 6.07 Å². The SMILES string of the molecule is NCc1c(F)c(Cl)cc2c1OCO2. The second-order valence-electron chi connectivity index (χ2n) is 2.59. The van der Waals surface area contributed by atoms with Crippen molar-refractivity contribution in [3.05, 3.63) is 22.5 Å². The summed E-state index contributed by atoms with van der Waals surface area (Å²) >= 11 is 5.61. The molecule has 1 aromatic carbocycles. The van der Waals surface area contributed by atoms with Crippen LogP contribution < -0.4 is 15.2 Å². The number of benzene rings is 1. The first kappa shape index (κ1) is 8.59. The number of fused-ring (bicyclic) bond motifs is 1.